The van der Waals surface area contributed by atoms with Gasteiger partial charge < -0.3 is 9.84 Å². The van der Waals surface area contributed by atoms with Crippen LogP contribution in [0.5, 0.6) is 5.75 Å². The first kappa shape index (κ1) is 12.4. The highest BCUT2D eigenvalue weighted by Gasteiger charge is 2.23. The van der Waals surface area contributed by atoms with Crippen molar-refractivity contribution in [1.82, 2.24) is 0 Å². The van der Waals surface area contributed by atoms with Crippen LogP contribution in [0.2, 0.25) is 0 Å². The maximum atomic E-state index is 10.0. The summed E-state index contributed by atoms with van der Waals surface area (Å²) in [4.78, 5) is 0. The second kappa shape index (κ2) is 6.06. The van der Waals surface area contributed by atoms with Gasteiger partial charge in [0.15, 0.2) is 0 Å². The smallest absolute Gasteiger partial charge is 0.122 e. The van der Waals surface area contributed by atoms with E-state index in [-0.39, 0.29) is 6.10 Å². The van der Waals surface area contributed by atoms with Gasteiger partial charge in [-0.25, -0.2) is 0 Å². The van der Waals surface area contributed by atoms with Gasteiger partial charge in [-0.1, -0.05) is 38.0 Å². The van der Waals surface area contributed by atoms with Crippen molar-refractivity contribution in [1.29, 1.82) is 0 Å². The van der Waals surface area contributed by atoms with Crippen molar-refractivity contribution in [3.05, 3.63) is 29.8 Å². The monoisotopic (exact) mass is 234 g/mol. The summed E-state index contributed by atoms with van der Waals surface area (Å²) < 4.78 is 5.63. The zero-order valence-corrected chi connectivity index (χ0v) is 10.6. The molecule has 17 heavy (non-hydrogen) atoms. The van der Waals surface area contributed by atoms with Crippen molar-refractivity contribution in [2.45, 2.75) is 51.0 Å². The summed E-state index contributed by atoms with van der Waals surface area (Å²) in [5, 5.41) is 10.0. The largest absolute Gasteiger partial charge is 0.493 e. The number of benzene rings is 1. The molecule has 1 N–H and O–H groups in total. The molecule has 1 aromatic carbocycles. The molecule has 0 aliphatic carbocycles. The minimum Gasteiger partial charge on any atom is -0.493 e. The molecule has 0 radical (unpaired) electrons. The number of aliphatic hydroxyl groups excluding tert-OH is 1. The standard InChI is InChI=1S/C15H22O2/c1-2-3-6-13(16)11-12-9-10-17-15-8-5-4-7-14(12)15/h4-5,7-8,12-13,16H,2-3,6,9-11H2,1H3. The molecule has 2 unspecified atom stereocenters. The lowest BCUT2D eigenvalue weighted by Gasteiger charge is -2.27. The van der Waals surface area contributed by atoms with Crippen LogP contribution in [0.15, 0.2) is 24.3 Å². The van der Waals surface area contributed by atoms with Crippen LogP contribution >= 0.6 is 0 Å². The highest BCUT2D eigenvalue weighted by Crippen LogP contribution is 2.36. The highest BCUT2D eigenvalue weighted by atomic mass is 16.5. The molecule has 1 aliphatic rings. The normalized spacial score (nSPS) is 20.5. The fraction of sp³-hybridized carbons (Fsp3) is 0.600. The summed E-state index contributed by atoms with van der Waals surface area (Å²) in [6, 6.07) is 8.22. The number of unbranched alkanes of at least 4 members (excludes halogenated alkanes) is 1. The molecule has 2 rings (SSSR count). The maximum absolute atomic E-state index is 10.0. The Hall–Kier alpha value is -1.02. The van der Waals surface area contributed by atoms with E-state index in [1.54, 1.807) is 0 Å². The van der Waals surface area contributed by atoms with E-state index in [4.69, 9.17) is 4.74 Å². The Labute approximate surface area is 104 Å². The van der Waals surface area contributed by atoms with E-state index >= 15 is 0 Å². The van der Waals surface area contributed by atoms with Gasteiger partial charge in [0.25, 0.3) is 0 Å². The van der Waals surface area contributed by atoms with Gasteiger partial charge in [-0.3, -0.25) is 0 Å². The van der Waals surface area contributed by atoms with Gasteiger partial charge in [0.05, 0.1) is 12.7 Å². The molecule has 1 aromatic rings. The SMILES string of the molecule is CCCCC(O)CC1CCOc2ccccc21. The summed E-state index contributed by atoms with van der Waals surface area (Å²) in [6.45, 7) is 2.94. The quantitative estimate of drug-likeness (QED) is 0.845. The average molecular weight is 234 g/mol. The van der Waals surface area contributed by atoms with Crippen LogP contribution in [0.1, 0.15) is 50.5 Å². The van der Waals surface area contributed by atoms with E-state index in [0.29, 0.717) is 5.92 Å². The van der Waals surface area contributed by atoms with Gasteiger partial charge in [-0.15, -0.1) is 0 Å². The zero-order valence-electron chi connectivity index (χ0n) is 10.6. The molecule has 1 heterocycles. The van der Waals surface area contributed by atoms with Crippen LogP contribution in [0.4, 0.5) is 0 Å². The second-order valence-corrected chi connectivity index (χ2v) is 4.90. The van der Waals surface area contributed by atoms with Gasteiger partial charge >= 0.3 is 0 Å². The number of aliphatic hydroxyl groups is 1. The van der Waals surface area contributed by atoms with Gasteiger partial charge in [-0.05, 0) is 36.8 Å². The number of para-hydroxylation sites is 1. The van der Waals surface area contributed by atoms with Gasteiger partial charge in [0.1, 0.15) is 5.75 Å². The maximum Gasteiger partial charge on any atom is 0.122 e. The van der Waals surface area contributed by atoms with E-state index in [9.17, 15) is 5.11 Å². The minimum atomic E-state index is -0.161. The Kier molecular flexibility index (Phi) is 4.43. The third-order valence-electron chi connectivity index (χ3n) is 3.53. The predicted octanol–water partition coefficient (Wildman–Crippen LogP) is 3.49. The molecule has 0 bridgehead atoms. The van der Waals surface area contributed by atoms with E-state index in [1.165, 1.54) is 5.56 Å². The molecule has 0 spiro atoms. The van der Waals surface area contributed by atoms with Crippen LogP contribution in [0.25, 0.3) is 0 Å². The lowest BCUT2D eigenvalue weighted by atomic mass is 9.87. The van der Waals surface area contributed by atoms with E-state index in [2.05, 4.69) is 19.1 Å². The predicted molar refractivity (Wildman–Crippen MR) is 69.4 cm³/mol. The van der Waals surface area contributed by atoms with E-state index in [1.807, 2.05) is 12.1 Å². The molecule has 0 saturated carbocycles. The number of rotatable bonds is 5. The van der Waals surface area contributed by atoms with Crippen molar-refractivity contribution in [2.24, 2.45) is 0 Å². The number of fused-ring (bicyclic) bond motifs is 1. The van der Waals surface area contributed by atoms with Gasteiger partial charge in [-0.2, -0.15) is 0 Å². The first-order valence-electron chi connectivity index (χ1n) is 6.71. The molecule has 0 fully saturated rings. The molecule has 1 aliphatic heterocycles. The minimum absolute atomic E-state index is 0.161. The number of ether oxygens (including phenoxy) is 1. The van der Waals surface area contributed by atoms with Gasteiger partial charge in [0.2, 0.25) is 0 Å². The lowest BCUT2D eigenvalue weighted by molar-refractivity contribution is 0.132. The molecular weight excluding hydrogens is 212 g/mol. The van der Waals surface area contributed by atoms with Gasteiger partial charge in [0, 0.05) is 0 Å². The third kappa shape index (κ3) is 3.22. The summed E-state index contributed by atoms with van der Waals surface area (Å²) in [5.74, 6) is 1.47. The van der Waals surface area contributed by atoms with E-state index in [0.717, 1.165) is 44.5 Å². The third-order valence-corrected chi connectivity index (χ3v) is 3.53. The molecule has 0 aromatic heterocycles. The Morgan fingerprint density at radius 2 is 2.24 bits per heavy atom. The Balaban J connectivity index is 1.98. The van der Waals surface area contributed by atoms with E-state index < -0.39 is 0 Å². The first-order valence-corrected chi connectivity index (χ1v) is 6.71. The first-order chi connectivity index (χ1) is 8.31. The van der Waals surface area contributed by atoms with Crippen molar-refractivity contribution in [3.8, 4) is 5.75 Å². The van der Waals surface area contributed by atoms with Crippen molar-refractivity contribution in [3.63, 3.8) is 0 Å². The Bertz CT molecular complexity index is 349. The topological polar surface area (TPSA) is 29.5 Å². The zero-order chi connectivity index (χ0) is 12.1. The number of hydrogen-bond acceptors (Lipinski definition) is 2. The Morgan fingerprint density at radius 3 is 3.06 bits per heavy atom. The number of hydrogen-bond donors (Lipinski definition) is 1. The molecule has 2 atom stereocenters. The van der Waals surface area contributed by atoms with Crippen LogP contribution in [-0.2, 0) is 0 Å². The molecular formula is C15H22O2. The molecule has 0 saturated heterocycles. The van der Waals surface area contributed by atoms with Crippen molar-refractivity contribution < 1.29 is 9.84 Å². The second-order valence-electron chi connectivity index (χ2n) is 4.90. The summed E-state index contributed by atoms with van der Waals surface area (Å²) in [6.07, 6.45) is 4.94. The van der Waals surface area contributed by atoms with Crippen molar-refractivity contribution >= 4 is 0 Å². The molecule has 94 valence electrons. The van der Waals surface area contributed by atoms with Crippen LogP contribution in [-0.4, -0.2) is 17.8 Å². The van der Waals surface area contributed by atoms with Crippen LogP contribution in [0, 0.1) is 0 Å². The summed E-state index contributed by atoms with van der Waals surface area (Å²) in [5.41, 5.74) is 1.27. The molecule has 0 amide bonds. The summed E-state index contributed by atoms with van der Waals surface area (Å²) in [7, 11) is 0. The van der Waals surface area contributed by atoms with Crippen molar-refractivity contribution in [2.75, 3.05) is 6.61 Å². The molecule has 2 heteroatoms. The average Bonchev–Trinajstić information content (AvgIpc) is 2.37. The lowest BCUT2D eigenvalue weighted by Crippen LogP contribution is -2.19. The highest BCUT2D eigenvalue weighted by molar-refractivity contribution is 5.37. The summed E-state index contributed by atoms with van der Waals surface area (Å²) >= 11 is 0. The van der Waals surface area contributed by atoms with Crippen LogP contribution < -0.4 is 4.74 Å². The molecule has 2 nitrogen and oxygen atoms in total. The van der Waals surface area contributed by atoms with Crippen LogP contribution in [0.3, 0.4) is 0 Å². The fourth-order valence-corrected chi connectivity index (χ4v) is 2.55. The Morgan fingerprint density at radius 1 is 1.41 bits per heavy atom. The fourth-order valence-electron chi connectivity index (χ4n) is 2.55.